The van der Waals surface area contributed by atoms with Crippen LogP contribution in [0, 0.1) is 0 Å². The zero-order valence-corrected chi connectivity index (χ0v) is 11.8. The van der Waals surface area contributed by atoms with E-state index in [-0.39, 0.29) is 0 Å². The van der Waals surface area contributed by atoms with Crippen molar-refractivity contribution in [1.29, 1.82) is 0 Å². The van der Waals surface area contributed by atoms with Gasteiger partial charge in [0.25, 0.3) is 0 Å². The summed E-state index contributed by atoms with van der Waals surface area (Å²) < 4.78 is 5.64. The standard InChI is InChI=1S/C13H24OSi/c1-7-13(11-12(2)3)9-8-10-14-15(4,5)6/h8,10-11H,2,7,9H2,1,3-6H3/b10-8+,13-11+. The van der Waals surface area contributed by atoms with Crippen LogP contribution in [0.3, 0.4) is 0 Å². The Balaban J connectivity index is 4.07. The Hall–Kier alpha value is -0.763. The van der Waals surface area contributed by atoms with Gasteiger partial charge in [-0.1, -0.05) is 30.7 Å². The maximum atomic E-state index is 5.64. The summed E-state index contributed by atoms with van der Waals surface area (Å²) in [5, 5.41) is 0. The minimum atomic E-state index is -1.40. The van der Waals surface area contributed by atoms with Crippen LogP contribution in [0.4, 0.5) is 0 Å². The summed E-state index contributed by atoms with van der Waals surface area (Å²) in [6.07, 6.45) is 8.14. The van der Waals surface area contributed by atoms with Gasteiger partial charge in [0, 0.05) is 0 Å². The van der Waals surface area contributed by atoms with Crippen molar-refractivity contribution < 1.29 is 4.43 Å². The zero-order valence-electron chi connectivity index (χ0n) is 10.8. The molecule has 0 N–H and O–H groups in total. The number of rotatable bonds is 6. The Bertz CT molecular complexity index is 256. The summed E-state index contributed by atoms with van der Waals surface area (Å²) in [6, 6.07) is 0. The predicted octanol–water partition coefficient (Wildman–Crippen LogP) is 4.65. The second-order valence-electron chi connectivity index (χ2n) is 4.81. The summed E-state index contributed by atoms with van der Waals surface area (Å²) in [6.45, 7) is 14.6. The van der Waals surface area contributed by atoms with Gasteiger partial charge in [-0.3, -0.25) is 0 Å². The maximum absolute atomic E-state index is 5.64. The van der Waals surface area contributed by atoms with Gasteiger partial charge in [-0.25, -0.2) is 0 Å². The molecule has 0 rings (SSSR count). The molecule has 0 saturated heterocycles. The summed E-state index contributed by atoms with van der Waals surface area (Å²) in [5.41, 5.74) is 2.52. The van der Waals surface area contributed by atoms with Crippen LogP contribution in [0.2, 0.25) is 19.6 Å². The third-order valence-electron chi connectivity index (χ3n) is 1.80. The average molecular weight is 224 g/mol. The first-order chi connectivity index (χ1) is 6.85. The lowest BCUT2D eigenvalue weighted by molar-refractivity contribution is 0.477. The van der Waals surface area contributed by atoms with Crippen LogP contribution in [0.25, 0.3) is 0 Å². The Morgan fingerprint density at radius 2 is 1.93 bits per heavy atom. The molecule has 2 heteroatoms. The van der Waals surface area contributed by atoms with Gasteiger partial charge < -0.3 is 4.43 Å². The normalized spacial score (nSPS) is 13.3. The molecular formula is C13H24OSi. The van der Waals surface area contributed by atoms with Crippen molar-refractivity contribution in [3.8, 4) is 0 Å². The molecule has 0 saturated carbocycles. The van der Waals surface area contributed by atoms with E-state index in [4.69, 9.17) is 4.43 Å². The fourth-order valence-corrected chi connectivity index (χ4v) is 1.61. The van der Waals surface area contributed by atoms with Crippen LogP contribution < -0.4 is 0 Å². The second kappa shape index (κ2) is 6.67. The number of allylic oxidation sites excluding steroid dienone is 4. The van der Waals surface area contributed by atoms with E-state index in [1.165, 1.54) is 5.57 Å². The molecule has 1 nitrogen and oxygen atoms in total. The van der Waals surface area contributed by atoms with Crippen molar-refractivity contribution in [2.24, 2.45) is 0 Å². The number of hydrogen-bond donors (Lipinski definition) is 0. The van der Waals surface area contributed by atoms with Crippen molar-refractivity contribution in [2.45, 2.75) is 46.3 Å². The van der Waals surface area contributed by atoms with Crippen LogP contribution >= 0.6 is 0 Å². The van der Waals surface area contributed by atoms with E-state index < -0.39 is 8.32 Å². The number of hydrogen-bond acceptors (Lipinski definition) is 1. The maximum Gasteiger partial charge on any atom is 0.241 e. The highest BCUT2D eigenvalue weighted by atomic mass is 28.4. The smallest absolute Gasteiger partial charge is 0.241 e. The van der Waals surface area contributed by atoms with E-state index in [0.29, 0.717) is 0 Å². The summed E-state index contributed by atoms with van der Waals surface area (Å²) in [7, 11) is -1.40. The lowest BCUT2D eigenvalue weighted by Gasteiger charge is -2.14. The molecule has 0 heterocycles. The van der Waals surface area contributed by atoms with Crippen LogP contribution in [-0.2, 0) is 4.43 Å². The highest BCUT2D eigenvalue weighted by Crippen LogP contribution is 2.11. The summed E-state index contributed by atoms with van der Waals surface area (Å²) in [4.78, 5) is 0. The van der Waals surface area contributed by atoms with E-state index >= 15 is 0 Å². The highest BCUT2D eigenvalue weighted by Gasteiger charge is 2.12. The Kier molecular flexibility index (Phi) is 6.33. The molecule has 0 aromatic rings. The van der Waals surface area contributed by atoms with Crippen molar-refractivity contribution in [1.82, 2.24) is 0 Å². The molecule has 86 valence electrons. The molecule has 0 aromatic carbocycles. The van der Waals surface area contributed by atoms with Crippen LogP contribution in [0.15, 0.2) is 36.1 Å². The molecule has 0 aliphatic heterocycles. The summed E-state index contributed by atoms with van der Waals surface area (Å²) in [5.74, 6) is 0. The third kappa shape index (κ3) is 9.54. The molecule has 0 fully saturated rings. The molecule has 0 aliphatic rings. The van der Waals surface area contributed by atoms with Gasteiger partial charge in [-0.05, 0) is 45.5 Å². The molecule has 0 amide bonds. The third-order valence-corrected chi connectivity index (χ3v) is 2.65. The van der Waals surface area contributed by atoms with Gasteiger partial charge in [-0.15, -0.1) is 0 Å². The minimum Gasteiger partial charge on any atom is -0.550 e. The zero-order chi connectivity index (χ0) is 11.9. The van der Waals surface area contributed by atoms with E-state index in [0.717, 1.165) is 18.4 Å². The monoisotopic (exact) mass is 224 g/mol. The average Bonchev–Trinajstić information content (AvgIpc) is 2.08. The van der Waals surface area contributed by atoms with Gasteiger partial charge >= 0.3 is 0 Å². The first kappa shape index (κ1) is 14.2. The van der Waals surface area contributed by atoms with Gasteiger partial charge in [0.2, 0.25) is 8.32 Å². The molecule has 0 radical (unpaired) electrons. The molecule has 15 heavy (non-hydrogen) atoms. The fraction of sp³-hybridized carbons (Fsp3) is 0.538. The molecule has 0 aliphatic carbocycles. The Labute approximate surface area is 95.7 Å². The second-order valence-corrected chi connectivity index (χ2v) is 9.27. The van der Waals surface area contributed by atoms with E-state index in [1.54, 1.807) is 0 Å². The van der Waals surface area contributed by atoms with E-state index in [9.17, 15) is 0 Å². The molecular weight excluding hydrogens is 200 g/mol. The van der Waals surface area contributed by atoms with Crippen molar-refractivity contribution >= 4 is 8.32 Å². The lowest BCUT2D eigenvalue weighted by Crippen LogP contribution is -2.21. The van der Waals surface area contributed by atoms with E-state index in [2.05, 4.69) is 45.3 Å². The van der Waals surface area contributed by atoms with Gasteiger partial charge in [0.05, 0.1) is 6.26 Å². The molecule has 0 aromatic heterocycles. The fourth-order valence-electron chi connectivity index (χ4n) is 1.11. The SMILES string of the molecule is C=C(C)/C=C(\CC)C/C=C/O[Si](C)(C)C. The molecule has 0 bridgehead atoms. The van der Waals surface area contributed by atoms with Gasteiger partial charge in [-0.2, -0.15) is 0 Å². The first-order valence-corrected chi connectivity index (χ1v) is 8.93. The largest absolute Gasteiger partial charge is 0.550 e. The quantitative estimate of drug-likeness (QED) is 0.362. The van der Waals surface area contributed by atoms with Crippen LogP contribution in [0.5, 0.6) is 0 Å². The Morgan fingerprint density at radius 3 is 2.33 bits per heavy atom. The molecule has 0 unspecified atom stereocenters. The van der Waals surface area contributed by atoms with Gasteiger partial charge in [0.15, 0.2) is 0 Å². The molecule has 0 atom stereocenters. The molecule has 0 spiro atoms. The highest BCUT2D eigenvalue weighted by molar-refractivity contribution is 6.69. The van der Waals surface area contributed by atoms with Crippen molar-refractivity contribution in [3.05, 3.63) is 36.1 Å². The Morgan fingerprint density at radius 1 is 1.33 bits per heavy atom. The summed E-state index contributed by atoms with van der Waals surface area (Å²) >= 11 is 0. The lowest BCUT2D eigenvalue weighted by atomic mass is 10.1. The van der Waals surface area contributed by atoms with Crippen LogP contribution in [0.1, 0.15) is 26.7 Å². The van der Waals surface area contributed by atoms with Crippen molar-refractivity contribution in [3.63, 3.8) is 0 Å². The van der Waals surface area contributed by atoms with Gasteiger partial charge in [0.1, 0.15) is 0 Å². The topological polar surface area (TPSA) is 9.23 Å². The minimum absolute atomic E-state index is 0.966. The van der Waals surface area contributed by atoms with E-state index in [1.807, 2.05) is 13.2 Å². The first-order valence-electron chi connectivity index (χ1n) is 5.53. The predicted molar refractivity (Wildman–Crippen MR) is 71.4 cm³/mol. The van der Waals surface area contributed by atoms with Crippen LogP contribution in [-0.4, -0.2) is 8.32 Å². The van der Waals surface area contributed by atoms with Crippen molar-refractivity contribution in [2.75, 3.05) is 0 Å².